The van der Waals surface area contributed by atoms with Gasteiger partial charge in [0.05, 0.1) is 17.7 Å². The molecule has 1 heterocycles. The topological polar surface area (TPSA) is 37.9 Å². The van der Waals surface area contributed by atoms with E-state index < -0.39 is 29.2 Å². The van der Waals surface area contributed by atoms with E-state index in [1.807, 2.05) is 5.10 Å². The van der Waals surface area contributed by atoms with Crippen molar-refractivity contribution in [2.75, 3.05) is 6.61 Å². The second kappa shape index (κ2) is 5.54. The molecule has 1 aromatic heterocycles. The maximum atomic E-state index is 12.9. The summed E-state index contributed by atoms with van der Waals surface area (Å²) in [7, 11) is 0. The molecule has 0 amide bonds. The largest absolute Gasteiger partial charge is 0.476 e. The maximum Gasteiger partial charge on any atom is 0.433 e. The Morgan fingerprint density at radius 3 is 2.05 bits per heavy atom. The van der Waals surface area contributed by atoms with Crippen molar-refractivity contribution >= 4 is 0 Å². The molecule has 0 aliphatic heterocycles. The molecule has 1 aromatic carbocycles. The molecule has 120 valence electrons. The summed E-state index contributed by atoms with van der Waals surface area (Å²) in [6, 6.07) is 3.31. The van der Waals surface area contributed by atoms with Gasteiger partial charge in [0.25, 0.3) is 0 Å². The van der Waals surface area contributed by atoms with Crippen molar-refractivity contribution in [2.24, 2.45) is 0 Å². The number of alkyl halides is 6. The number of H-pyrrole nitrogens is 1. The molecular formula is C13H10F6N2O. The zero-order valence-corrected chi connectivity index (χ0v) is 11.1. The SMILES string of the molecule is CCOc1n[nH]c(C(F)(F)F)c1-c1ccc(C(F)(F)F)cc1. The van der Waals surface area contributed by atoms with Crippen molar-refractivity contribution in [3.05, 3.63) is 35.5 Å². The lowest BCUT2D eigenvalue weighted by molar-refractivity contribution is -0.141. The average Bonchev–Trinajstić information content (AvgIpc) is 2.82. The number of nitrogens with one attached hydrogen (secondary N) is 1. The highest BCUT2D eigenvalue weighted by Crippen LogP contribution is 2.41. The highest BCUT2D eigenvalue weighted by Gasteiger charge is 2.38. The molecule has 2 rings (SSSR count). The minimum atomic E-state index is -4.74. The Morgan fingerprint density at radius 1 is 1.00 bits per heavy atom. The van der Waals surface area contributed by atoms with Gasteiger partial charge in [-0.15, -0.1) is 5.10 Å². The second-order valence-electron chi connectivity index (χ2n) is 4.28. The second-order valence-corrected chi connectivity index (χ2v) is 4.28. The van der Waals surface area contributed by atoms with Crippen molar-refractivity contribution in [2.45, 2.75) is 19.3 Å². The standard InChI is InChI=1S/C13H10F6N2O/c1-2-22-11-9(10(20-21-11)13(17,18)19)7-3-5-8(6-4-7)12(14,15)16/h3-6H,2H2,1H3,(H,20,21). The van der Waals surface area contributed by atoms with Gasteiger partial charge in [0.2, 0.25) is 5.88 Å². The normalized spacial score (nSPS) is 12.5. The Labute approximate surface area is 120 Å². The van der Waals surface area contributed by atoms with Crippen LogP contribution in [0.2, 0.25) is 0 Å². The predicted molar refractivity (Wildman–Crippen MR) is 65.2 cm³/mol. The third-order valence-corrected chi connectivity index (χ3v) is 2.80. The Bertz CT molecular complexity index is 642. The molecule has 1 N–H and O–H groups in total. The molecule has 0 spiro atoms. The first-order valence-corrected chi connectivity index (χ1v) is 6.10. The van der Waals surface area contributed by atoms with E-state index in [1.165, 1.54) is 0 Å². The van der Waals surface area contributed by atoms with E-state index in [1.54, 1.807) is 6.92 Å². The Balaban J connectivity index is 2.53. The molecule has 0 aliphatic rings. The number of halogens is 6. The van der Waals surface area contributed by atoms with Gasteiger partial charge in [-0.3, -0.25) is 5.10 Å². The van der Waals surface area contributed by atoms with Crippen molar-refractivity contribution in [3.8, 4) is 17.0 Å². The number of hydrogen-bond donors (Lipinski definition) is 1. The van der Waals surface area contributed by atoms with E-state index in [9.17, 15) is 26.3 Å². The van der Waals surface area contributed by atoms with Crippen LogP contribution < -0.4 is 4.74 Å². The first kappa shape index (κ1) is 16.2. The molecule has 2 aromatic rings. The van der Waals surface area contributed by atoms with Gasteiger partial charge >= 0.3 is 12.4 Å². The van der Waals surface area contributed by atoms with E-state index in [0.717, 1.165) is 12.1 Å². The van der Waals surface area contributed by atoms with Crippen molar-refractivity contribution in [3.63, 3.8) is 0 Å². The summed E-state index contributed by atoms with van der Waals surface area (Å²) in [6.45, 7) is 1.62. The van der Waals surface area contributed by atoms with E-state index in [4.69, 9.17) is 4.74 Å². The molecule has 0 saturated heterocycles. The third kappa shape index (κ3) is 3.18. The van der Waals surface area contributed by atoms with Crippen LogP contribution >= 0.6 is 0 Å². The first-order chi connectivity index (χ1) is 10.1. The van der Waals surface area contributed by atoms with Crippen LogP contribution in [0.5, 0.6) is 5.88 Å². The lowest BCUT2D eigenvalue weighted by Crippen LogP contribution is -2.08. The van der Waals surface area contributed by atoms with Crippen LogP contribution in [0.3, 0.4) is 0 Å². The number of aromatic amines is 1. The Hall–Kier alpha value is -2.19. The molecule has 3 nitrogen and oxygen atoms in total. The molecule has 9 heteroatoms. The van der Waals surface area contributed by atoms with Crippen LogP contribution in [0, 0.1) is 0 Å². The van der Waals surface area contributed by atoms with Crippen LogP contribution in [0.1, 0.15) is 18.2 Å². The monoisotopic (exact) mass is 324 g/mol. The number of nitrogens with zero attached hydrogens (tertiary/aromatic N) is 1. The van der Waals surface area contributed by atoms with E-state index in [-0.39, 0.29) is 18.1 Å². The summed E-state index contributed by atoms with van der Waals surface area (Å²) in [5.74, 6) is -0.311. The van der Waals surface area contributed by atoms with Gasteiger partial charge < -0.3 is 4.74 Å². The highest BCUT2D eigenvalue weighted by atomic mass is 19.4. The Kier molecular flexibility index (Phi) is 4.08. The predicted octanol–water partition coefficient (Wildman–Crippen LogP) is 4.51. The molecule has 0 radical (unpaired) electrons. The minimum Gasteiger partial charge on any atom is -0.476 e. The quantitative estimate of drug-likeness (QED) is 0.844. The number of hydrogen-bond acceptors (Lipinski definition) is 2. The molecule has 0 fully saturated rings. The molecule has 0 unspecified atom stereocenters. The molecule has 0 atom stereocenters. The summed E-state index contributed by atoms with van der Waals surface area (Å²) in [5.41, 5.74) is -2.61. The number of rotatable bonds is 3. The number of ether oxygens (including phenoxy) is 1. The Morgan fingerprint density at radius 2 is 1.59 bits per heavy atom. The van der Waals surface area contributed by atoms with Crippen molar-refractivity contribution < 1.29 is 31.1 Å². The third-order valence-electron chi connectivity index (χ3n) is 2.80. The lowest BCUT2D eigenvalue weighted by atomic mass is 10.0. The van der Waals surface area contributed by atoms with Gasteiger partial charge in [-0.2, -0.15) is 26.3 Å². The van der Waals surface area contributed by atoms with Crippen LogP contribution in [0.15, 0.2) is 24.3 Å². The van der Waals surface area contributed by atoms with E-state index in [2.05, 4.69) is 5.10 Å². The maximum absolute atomic E-state index is 12.9. The fraction of sp³-hybridized carbons (Fsp3) is 0.308. The average molecular weight is 324 g/mol. The smallest absolute Gasteiger partial charge is 0.433 e. The van der Waals surface area contributed by atoms with Gasteiger partial charge in [0.1, 0.15) is 0 Å². The van der Waals surface area contributed by atoms with E-state index in [0.29, 0.717) is 12.1 Å². The van der Waals surface area contributed by atoms with Gasteiger partial charge in [-0.05, 0) is 24.6 Å². The van der Waals surface area contributed by atoms with Crippen LogP contribution in [0.4, 0.5) is 26.3 Å². The number of benzene rings is 1. The van der Waals surface area contributed by atoms with Gasteiger partial charge in [0, 0.05) is 0 Å². The number of aromatic nitrogens is 2. The van der Waals surface area contributed by atoms with E-state index >= 15 is 0 Å². The molecule has 0 saturated carbocycles. The summed E-state index contributed by atoms with van der Waals surface area (Å²) in [6.07, 6.45) is -9.30. The summed E-state index contributed by atoms with van der Waals surface area (Å²) in [5, 5.41) is 5.25. The minimum absolute atomic E-state index is 0.0653. The zero-order chi connectivity index (χ0) is 16.5. The zero-order valence-electron chi connectivity index (χ0n) is 11.1. The summed E-state index contributed by atoms with van der Waals surface area (Å²) < 4.78 is 81.4. The van der Waals surface area contributed by atoms with Gasteiger partial charge in [0.15, 0.2) is 5.69 Å². The fourth-order valence-corrected chi connectivity index (χ4v) is 1.87. The summed E-state index contributed by atoms with van der Waals surface area (Å²) in [4.78, 5) is 0. The molecule has 22 heavy (non-hydrogen) atoms. The molecular weight excluding hydrogens is 314 g/mol. The molecule has 0 aliphatic carbocycles. The van der Waals surface area contributed by atoms with Crippen molar-refractivity contribution in [1.29, 1.82) is 0 Å². The van der Waals surface area contributed by atoms with Crippen LogP contribution in [-0.2, 0) is 12.4 Å². The fourth-order valence-electron chi connectivity index (χ4n) is 1.87. The highest BCUT2D eigenvalue weighted by molar-refractivity contribution is 5.72. The van der Waals surface area contributed by atoms with Crippen LogP contribution in [-0.4, -0.2) is 16.8 Å². The van der Waals surface area contributed by atoms with Crippen LogP contribution in [0.25, 0.3) is 11.1 Å². The van der Waals surface area contributed by atoms with Gasteiger partial charge in [-0.25, -0.2) is 0 Å². The molecule has 0 bridgehead atoms. The van der Waals surface area contributed by atoms with Crippen molar-refractivity contribution in [1.82, 2.24) is 10.2 Å². The lowest BCUT2D eigenvalue weighted by Gasteiger charge is -2.11. The first-order valence-electron chi connectivity index (χ1n) is 6.10. The van der Waals surface area contributed by atoms with Gasteiger partial charge in [-0.1, -0.05) is 12.1 Å². The summed E-state index contributed by atoms with van der Waals surface area (Å²) >= 11 is 0.